The van der Waals surface area contributed by atoms with Crippen LogP contribution in [0.4, 0.5) is 0 Å². The van der Waals surface area contributed by atoms with Gasteiger partial charge >= 0.3 is 14.2 Å². The van der Waals surface area contributed by atoms with Crippen molar-refractivity contribution in [2.75, 3.05) is 0 Å². The zero-order valence-corrected chi connectivity index (χ0v) is 7.39. The maximum absolute atomic E-state index is 10.2. The average molecular weight is 203 g/mol. The van der Waals surface area contributed by atoms with Gasteiger partial charge in [0.1, 0.15) is 0 Å². The smallest absolute Gasteiger partial charge is 0.337 e. The summed E-state index contributed by atoms with van der Waals surface area (Å²) in [5, 5.41) is 18.3. The Morgan fingerprint density at radius 1 is 1.23 bits per heavy atom. The second-order valence-corrected chi connectivity index (χ2v) is 2.96. The summed E-state index contributed by atoms with van der Waals surface area (Å²) in [6.07, 6.45) is 0. The molecule has 0 saturated carbocycles. The molecule has 0 aromatic heterocycles. The van der Waals surface area contributed by atoms with Gasteiger partial charge in [-0.25, -0.2) is 0 Å². The summed E-state index contributed by atoms with van der Waals surface area (Å²) in [4.78, 5) is 8.32. The summed E-state index contributed by atoms with van der Waals surface area (Å²) in [6, 6.07) is 7.48. The molecule has 0 radical (unpaired) electrons. The summed E-state index contributed by atoms with van der Waals surface area (Å²) in [5.74, 6) is -2.72. The standard InChI is InChI=1S/C7H7O5P/c8-7(9,12-13(10)11)6-4-2-1-3-5-6/h1-5,8-9H/p+1. The molecule has 0 aliphatic heterocycles. The molecule has 0 bridgehead atoms. The second kappa shape index (κ2) is 3.91. The van der Waals surface area contributed by atoms with Crippen LogP contribution in [0.2, 0.25) is 0 Å². The molecule has 0 heterocycles. The molecule has 13 heavy (non-hydrogen) atoms. The number of hydrogen-bond acceptors (Lipinski definition) is 4. The minimum Gasteiger partial charge on any atom is -0.337 e. The van der Waals surface area contributed by atoms with Crippen LogP contribution in [0.3, 0.4) is 0 Å². The highest BCUT2D eigenvalue weighted by atomic mass is 31.1. The predicted octanol–water partition coefficient (Wildman–Crippen LogP) is 0.448. The molecule has 1 rings (SSSR count). The molecule has 1 aromatic carbocycles. The van der Waals surface area contributed by atoms with E-state index in [-0.39, 0.29) is 5.56 Å². The van der Waals surface area contributed by atoms with E-state index in [1.54, 1.807) is 18.2 Å². The Kier molecular flexibility index (Phi) is 3.08. The summed E-state index contributed by atoms with van der Waals surface area (Å²) >= 11 is 0. The van der Waals surface area contributed by atoms with Gasteiger partial charge in [0.2, 0.25) is 0 Å². The van der Waals surface area contributed by atoms with Crippen LogP contribution in [0.15, 0.2) is 30.3 Å². The Balaban J connectivity index is 2.87. The monoisotopic (exact) mass is 203 g/mol. The van der Waals surface area contributed by atoms with E-state index in [2.05, 4.69) is 4.52 Å². The summed E-state index contributed by atoms with van der Waals surface area (Å²) in [7, 11) is -3.06. The van der Waals surface area contributed by atoms with Crippen molar-refractivity contribution in [3.05, 3.63) is 35.9 Å². The second-order valence-electron chi connectivity index (χ2n) is 2.30. The highest BCUT2D eigenvalue weighted by Crippen LogP contribution is 2.29. The first-order valence-corrected chi connectivity index (χ1v) is 4.51. The van der Waals surface area contributed by atoms with Gasteiger partial charge in [-0.2, -0.15) is 0 Å². The zero-order chi connectivity index (χ0) is 9.90. The molecular formula is C7H8O5P+. The van der Waals surface area contributed by atoms with Crippen LogP contribution in [-0.4, -0.2) is 15.1 Å². The molecule has 6 heteroatoms. The molecule has 1 unspecified atom stereocenters. The van der Waals surface area contributed by atoms with E-state index in [4.69, 9.17) is 15.1 Å². The van der Waals surface area contributed by atoms with Crippen LogP contribution in [0, 0.1) is 0 Å². The summed E-state index contributed by atoms with van der Waals surface area (Å²) < 4.78 is 14.2. The van der Waals surface area contributed by atoms with Crippen molar-refractivity contribution in [1.82, 2.24) is 0 Å². The van der Waals surface area contributed by atoms with Crippen LogP contribution >= 0.6 is 8.25 Å². The number of rotatable bonds is 3. The predicted molar refractivity (Wildman–Crippen MR) is 43.5 cm³/mol. The molecule has 1 aromatic rings. The fourth-order valence-corrected chi connectivity index (χ4v) is 1.14. The van der Waals surface area contributed by atoms with Gasteiger partial charge in [-0.05, 0) is 4.52 Å². The van der Waals surface area contributed by atoms with E-state index in [0.717, 1.165) is 0 Å². The van der Waals surface area contributed by atoms with Crippen LogP contribution in [0.25, 0.3) is 0 Å². The third-order valence-corrected chi connectivity index (χ3v) is 1.77. The first-order valence-electron chi connectivity index (χ1n) is 3.38. The molecule has 5 nitrogen and oxygen atoms in total. The maximum atomic E-state index is 10.2. The Morgan fingerprint density at radius 2 is 1.77 bits per heavy atom. The third kappa shape index (κ3) is 2.84. The Labute approximate surface area is 75.2 Å². The lowest BCUT2D eigenvalue weighted by molar-refractivity contribution is -0.304. The van der Waals surface area contributed by atoms with Gasteiger partial charge < -0.3 is 10.2 Å². The molecule has 70 valence electrons. The summed E-state index contributed by atoms with van der Waals surface area (Å²) in [5.41, 5.74) is -0.00704. The molecule has 0 aliphatic carbocycles. The van der Waals surface area contributed by atoms with Gasteiger partial charge in [0.05, 0.1) is 0 Å². The topological polar surface area (TPSA) is 87.0 Å². The van der Waals surface area contributed by atoms with Crippen molar-refractivity contribution in [2.45, 2.75) is 5.97 Å². The highest BCUT2D eigenvalue weighted by Gasteiger charge is 2.38. The van der Waals surface area contributed by atoms with Crippen LogP contribution in [-0.2, 0) is 15.1 Å². The van der Waals surface area contributed by atoms with Gasteiger partial charge in [0, 0.05) is 10.1 Å². The lowest BCUT2D eigenvalue weighted by Crippen LogP contribution is -2.25. The molecule has 0 aliphatic rings. The first kappa shape index (κ1) is 10.2. The average Bonchev–Trinajstić information content (AvgIpc) is 2.04. The van der Waals surface area contributed by atoms with Crippen molar-refractivity contribution in [2.24, 2.45) is 0 Å². The van der Waals surface area contributed by atoms with Crippen LogP contribution < -0.4 is 0 Å². The maximum Gasteiger partial charge on any atom is 0.700 e. The lowest BCUT2D eigenvalue weighted by atomic mass is 10.2. The molecule has 1 atom stereocenters. The van der Waals surface area contributed by atoms with Gasteiger partial charge in [0.15, 0.2) is 0 Å². The van der Waals surface area contributed by atoms with Gasteiger partial charge in [-0.1, -0.05) is 30.3 Å². The fourth-order valence-electron chi connectivity index (χ4n) is 0.817. The van der Waals surface area contributed by atoms with E-state index in [1.165, 1.54) is 12.1 Å². The van der Waals surface area contributed by atoms with Crippen molar-refractivity contribution in [3.63, 3.8) is 0 Å². The van der Waals surface area contributed by atoms with Crippen molar-refractivity contribution < 1.29 is 24.2 Å². The van der Waals surface area contributed by atoms with E-state index >= 15 is 0 Å². The largest absolute Gasteiger partial charge is 0.700 e. The van der Waals surface area contributed by atoms with Crippen molar-refractivity contribution >= 4 is 8.25 Å². The van der Waals surface area contributed by atoms with E-state index < -0.39 is 14.2 Å². The quantitative estimate of drug-likeness (QED) is 0.490. The molecule has 0 saturated heterocycles. The van der Waals surface area contributed by atoms with E-state index in [0.29, 0.717) is 0 Å². The van der Waals surface area contributed by atoms with Gasteiger partial charge in [-0.3, -0.25) is 0 Å². The molecule has 0 fully saturated rings. The van der Waals surface area contributed by atoms with Crippen molar-refractivity contribution in [3.8, 4) is 0 Å². The molecule has 0 spiro atoms. The Morgan fingerprint density at radius 3 is 2.23 bits per heavy atom. The highest BCUT2D eigenvalue weighted by molar-refractivity contribution is 7.32. The zero-order valence-electron chi connectivity index (χ0n) is 6.49. The Hall–Kier alpha value is -0.840. The van der Waals surface area contributed by atoms with Crippen molar-refractivity contribution in [1.29, 1.82) is 0 Å². The number of hydrogen-bond donors (Lipinski definition) is 3. The van der Waals surface area contributed by atoms with Crippen LogP contribution in [0.1, 0.15) is 5.56 Å². The molecule has 0 amide bonds. The van der Waals surface area contributed by atoms with E-state index in [9.17, 15) is 4.57 Å². The third-order valence-electron chi connectivity index (χ3n) is 1.36. The lowest BCUT2D eigenvalue weighted by Gasteiger charge is -2.13. The minimum absolute atomic E-state index is 0.00704. The number of benzene rings is 1. The molecular weight excluding hydrogens is 195 g/mol. The van der Waals surface area contributed by atoms with Gasteiger partial charge in [0.25, 0.3) is 0 Å². The first-order chi connectivity index (χ1) is 6.02. The molecule has 3 N–H and O–H groups in total. The Bertz CT molecular complexity index is 297. The number of aliphatic hydroxyl groups is 2. The SMILES string of the molecule is O=[P+](O)OC(O)(O)c1ccccc1. The van der Waals surface area contributed by atoms with E-state index in [1.807, 2.05) is 0 Å². The van der Waals surface area contributed by atoms with Gasteiger partial charge in [-0.15, -0.1) is 4.89 Å². The van der Waals surface area contributed by atoms with Crippen LogP contribution in [0.5, 0.6) is 0 Å². The minimum atomic E-state index is -3.06. The fraction of sp³-hybridized carbons (Fsp3) is 0.143. The summed E-state index contributed by atoms with van der Waals surface area (Å²) in [6.45, 7) is 0. The normalized spacial score (nSPS) is 12.7.